The summed E-state index contributed by atoms with van der Waals surface area (Å²) < 4.78 is 0. The SMILES string of the molecule is CSC1CCCC(NC(=O)c2cc(Cl)nc(C(C)C)c2)C1. The van der Waals surface area contributed by atoms with Gasteiger partial charge in [-0.1, -0.05) is 31.9 Å². The van der Waals surface area contributed by atoms with Crippen LogP contribution < -0.4 is 5.32 Å². The highest BCUT2D eigenvalue weighted by Crippen LogP contribution is 2.27. The molecule has 1 aromatic heterocycles. The molecule has 2 unspecified atom stereocenters. The van der Waals surface area contributed by atoms with Gasteiger partial charge in [-0.3, -0.25) is 4.79 Å². The number of carbonyl (C=O) groups excluding carboxylic acids is 1. The van der Waals surface area contributed by atoms with Crippen molar-refractivity contribution in [3.05, 3.63) is 28.5 Å². The second kappa shape index (κ2) is 7.50. The summed E-state index contributed by atoms with van der Waals surface area (Å²) in [5.74, 6) is 0.221. The van der Waals surface area contributed by atoms with Crippen LogP contribution in [-0.2, 0) is 0 Å². The second-order valence-electron chi connectivity index (χ2n) is 5.95. The summed E-state index contributed by atoms with van der Waals surface area (Å²) in [6.07, 6.45) is 6.71. The molecule has 2 rings (SSSR count). The molecule has 2 atom stereocenters. The van der Waals surface area contributed by atoms with Crippen LogP contribution in [0.2, 0.25) is 5.15 Å². The van der Waals surface area contributed by atoms with Gasteiger partial charge >= 0.3 is 0 Å². The van der Waals surface area contributed by atoms with Crippen LogP contribution in [0.1, 0.15) is 61.5 Å². The Hall–Kier alpha value is -0.740. The summed E-state index contributed by atoms with van der Waals surface area (Å²) in [7, 11) is 0. The van der Waals surface area contributed by atoms with E-state index in [2.05, 4.69) is 16.6 Å². The summed E-state index contributed by atoms with van der Waals surface area (Å²) in [5, 5.41) is 4.20. The van der Waals surface area contributed by atoms with Gasteiger partial charge in [0.2, 0.25) is 0 Å². The monoisotopic (exact) mass is 326 g/mol. The number of aromatic nitrogens is 1. The standard InChI is InChI=1S/C16H23ClN2OS/c1-10(2)14-7-11(8-15(17)19-14)16(20)18-12-5-4-6-13(9-12)21-3/h7-8,10,12-13H,4-6,9H2,1-3H3,(H,18,20). The number of hydrogen-bond donors (Lipinski definition) is 1. The van der Waals surface area contributed by atoms with E-state index in [0.717, 1.165) is 18.5 Å². The zero-order valence-electron chi connectivity index (χ0n) is 12.9. The molecule has 1 N–H and O–H groups in total. The van der Waals surface area contributed by atoms with Gasteiger partial charge in [0.25, 0.3) is 5.91 Å². The molecule has 5 heteroatoms. The van der Waals surface area contributed by atoms with Crippen LogP contribution in [0.15, 0.2) is 12.1 Å². The maximum absolute atomic E-state index is 12.4. The normalized spacial score (nSPS) is 22.3. The van der Waals surface area contributed by atoms with Crippen molar-refractivity contribution in [1.82, 2.24) is 10.3 Å². The minimum absolute atomic E-state index is 0.0343. The second-order valence-corrected chi connectivity index (χ2v) is 7.48. The molecule has 21 heavy (non-hydrogen) atoms. The molecule has 1 saturated carbocycles. The molecular weight excluding hydrogens is 304 g/mol. The fraction of sp³-hybridized carbons (Fsp3) is 0.625. The number of amides is 1. The van der Waals surface area contributed by atoms with Gasteiger partial charge in [0.1, 0.15) is 5.15 Å². The van der Waals surface area contributed by atoms with Crippen molar-refractivity contribution in [2.75, 3.05) is 6.26 Å². The smallest absolute Gasteiger partial charge is 0.251 e. The van der Waals surface area contributed by atoms with E-state index in [-0.39, 0.29) is 17.9 Å². The number of thioether (sulfide) groups is 1. The Balaban J connectivity index is 2.06. The molecule has 0 aliphatic heterocycles. The van der Waals surface area contributed by atoms with Crippen LogP contribution in [0, 0.1) is 0 Å². The van der Waals surface area contributed by atoms with Crippen molar-refractivity contribution in [3.63, 3.8) is 0 Å². The quantitative estimate of drug-likeness (QED) is 0.840. The Morgan fingerprint density at radius 1 is 1.43 bits per heavy atom. The van der Waals surface area contributed by atoms with Gasteiger partial charge in [0.05, 0.1) is 0 Å². The third kappa shape index (κ3) is 4.62. The summed E-state index contributed by atoms with van der Waals surface area (Å²) >= 11 is 7.93. The molecule has 116 valence electrons. The number of rotatable bonds is 4. The fourth-order valence-electron chi connectivity index (χ4n) is 2.70. The van der Waals surface area contributed by atoms with E-state index in [1.807, 2.05) is 31.7 Å². The van der Waals surface area contributed by atoms with Gasteiger partial charge in [-0.05, 0) is 43.6 Å². The van der Waals surface area contributed by atoms with E-state index in [4.69, 9.17) is 11.6 Å². The number of pyridine rings is 1. The molecule has 0 spiro atoms. The Bertz CT molecular complexity index is 507. The first-order chi connectivity index (χ1) is 9.99. The molecular formula is C16H23ClN2OS. The van der Waals surface area contributed by atoms with Crippen LogP contribution in [0.5, 0.6) is 0 Å². The van der Waals surface area contributed by atoms with Gasteiger partial charge < -0.3 is 5.32 Å². The van der Waals surface area contributed by atoms with Crippen molar-refractivity contribution in [2.24, 2.45) is 0 Å². The summed E-state index contributed by atoms with van der Waals surface area (Å²) in [6.45, 7) is 4.09. The van der Waals surface area contributed by atoms with Crippen molar-refractivity contribution >= 4 is 29.3 Å². The van der Waals surface area contributed by atoms with E-state index >= 15 is 0 Å². The van der Waals surface area contributed by atoms with Gasteiger partial charge in [-0.15, -0.1) is 0 Å². The van der Waals surface area contributed by atoms with Crippen molar-refractivity contribution in [3.8, 4) is 0 Å². The zero-order chi connectivity index (χ0) is 15.4. The molecule has 1 amide bonds. The van der Waals surface area contributed by atoms with Crippen molar-refractivity contribution in [2.45, 2.75) is 56.7 Å². The first-order valence-electron chi connectivity index (χ1n) is 7.50. The lowest BCUT2D eigenvalue weighted by atomic mass is 9.94. The average Bonchev–Trinajstić information content (AvgIpc) is 2.46. The van der Waals surface area contributed by atoms with Gasteiger partial charge in [0, 0.05) is 22.5 Å². The molecule has 0 saturated heterocycles. The van der Waals surface area contributed by atoms with Crippen LogP contribution in [0.3, 0.4) is 0 Å². The van der Waals surface area contributed by atoms with Crippen LogP contribution in [0.25, 0.3) is 0 Å². The van der Waals surface area contributed by atoms with E-state index in [0.29, 0.717) is 16.0 Å². The Labute approximate surface area is 136 Å². The third-order valence-corrected chi connectivity index (χ3v) is 5.25. The lowest BCUT2D eigenvalue weighted by molar-refractivity contribution is 0.0928. The molecule has 1 aliphatic carbocycles. The molecule has 3 nitrogen and oxygen atoms in total. The van der Waals surface area contributed by atoms with Gasteiger partial charge in [-0.25, -0.2) is 4.98 Å². The summed E-state index contributed by atoms with van der Waals surface area (Å²) in [5.41, 5.74) is 1.48. The molecule has 1 aliphatic rings. The van der Waals surface area contributed by atoms with Crippen molar-refractivity contribution in [1.29, 1.82) is 0 Å². The van der Waals surface area contributed by atoms with Crippen LogP contribution in [0.4, 0.5) is 0 Å². The topological polar surface area (TPSA) is 42.0 Å². The Morgan fingerprint density at radius 2 is 2.19 bits per heavy atom. The average molecular weight is 327 g/mol. The zero-order valence-corrected chi connectivity index (χ0v) is 14.4. The van der Waals surface area contributed by atoms with Crippen molar-refractivity contribution < 1.29 is 4.79 Å². The number of nitrogens with one attached hydrogen (secondary N) is 1. The molecule has 0 aromatic carbocycles. The van der Waals surface area contributed by atoms with Gasteiger partial charge in [0.15, 0.2) is 0 Å². The number of halogens is 1. The summed E-state index contributed by atoms with van der Waals surface area (Å²) in [4.78, 5) is 16.7. The Morgan fingerprint density at radius 3 is 2.86 bits per heavy atom. The highest BCUT2D eigenvalue weighted by molar-refractivity contribution is 7.99. The third-order valence-electron chi connectivity index (χ3n) is 3.96. The first kappa shape index (κ1) is 16.6. The van der Waals surface area contributed by atoms with Crippen LogP contribution in [-0.4, -0.2) is 28.4 Å². The number of carbonyl (C=O) groups is 1. The predicted octanol–water partition coefficient (Wildman–Crippen LogP) is 4.26. The highest BCUT2D eigenvalue weighted by atomic mass is 35.5. The molecule has 1 heterocycles. The first-order valence-corrected chi connectivity index (χ1v) is 9.17. The maximum atomic E-state index is 12.4. The number of nitrogens with zero attached hydrogens (tertiary/aromatic N) is 1. The lowest BCUT2D eigenvalue weighted by Gasteiger charge is -2.28. The lowest BCUT2D eigenvalue weighted by Crippen LogP contribution is -2.39. The molecule has 0 radical (unpaired) electrons. The van der Waals surface area contributed by atoms with Crippen LogP contribution >= 0.6 is 23.4 Å². The summed E-state index contributed by atoms with van der Waals surface area (Å²) in [6, 6.07) is 3.77. The van der Waals surface area contributed by atoms with E-state index < -0.39 is 0 Å². The molecule has 0 bridgehead atoms. The predicted molar refractivity (Wildman–Crippen MR) is 90.4 cm³/mol. The minimum Gasteiger partial charge on any atom is -0.349 e. The maximum Gasteiger partial charge on any atom is 0.251 e. The fourth-order valence-corrected chi connectivity index (χ4v) is 3.75. The highest BCUT2D eigenvalue weighted by Gasteiger charge is 2.23. The van der Waals surface area contributed by atoms with E-state index in [9.17, 15) is 4.79 Å². The molecule has 1 fully saturated rings. The van der Waals surface area contributed by atoms with Gasteiger partial charge in [-0.2, -0.15) is 11.8 Å². The minimum atomic E-state index is -0.0343. The molecule has 1 aromatic rings. The largest absolute Gasteiger partial charge is 0.349 e. The van der Waals surface area contributed by atoms with E-state index in [1.54, 1.807) is 6.07 Å². The van der Waals surface area contributed by atoms with E-state index in [1.165, 1.54) is 12.8 Å². The number of hydrogen-bond acceptors (Lipinski definition) is 3. The Kier molecular flexibility index (Phi) is 5.94.